The first-order valence-corrected chi connectivity index (χ1v) is 8.45. The number of methoxy groups -OCH3 is 1. The van der Waals surface area contributed by atoms with E-state index < -0.39 is 25.9 Å². The highest BCUT2D eigenvalue weighted by Crippen LogP contribution is 2.48. The lowest BCUT2D eigenvalue weighted by Crippen LogP contribution is -2.43. The molecule has 2 aliphatic heterocycles. The van der Waals surface area contributed by atoms with Crippen molar-refractivity contribution in [2.75, 3.05) is 7.11 Å². The number of aromatic nitrogens is 1. The third-order valence-electron chi connectivity index (χ3n) is 4.64. The summed E-state index contributed by atoms with van der Waals surface area (Å²) < 4.78 is 29.3. The number of sulfone groups is 1. The van der Waals surface area contributed by atoms with Crippen molar-refractivity contribution >= 4 is 9.84 Å². The quantitative estimate of drug-likeness (QED) is 0.891. The third kappa shape index (κ3) is 1.93. The van der Waals surface area contributed by atoms with Crippen molar-refractivity contribution in [1.29, 1.82) is 0 Å². The molecule has 2 bridgehead atoms. The molecule has 1 N–H and O–H groups in total. The fraction of sp³-hybridized carbons (Fsp3) is 0.643. The van der Waals surface area contributed by atoms with Gasteiger partial charge in [-0.15, -0.1) is 0 Å². The van der Waals surface area contributed by atoms with Crippen LogP contribution in [0.1, 0.15) is 36.9 Å². The average molecular weight is 297 g/mol. The predicted octanol–water partition coefficient (Wildman–Crippen LogP) is 1.33. The van der Waals surface area contributed by atoms with Gasteiger partial charge in [-0.1, -0.05) is 0 Å². The number of pyridine rings is 1. The zero-order chi connectivity index (χ0) is 14.5. The zero-order valence-corrected chi connectivity index (χ0v) is 12.5. The lowest BCUT2D eigenvalue weighted by molar-refractivity contribution is 0.0163. The van der Waals surface area contributed by atoms with E-state index in [0.717, 1.165) is 5.56 Å². The first-order chi connectivity index (χ1) is 9.37. The van der Waals surface area contributed by atoms with Gasteiger partial charge in [0.25, 0.3) is 0 Å². The molecule has 1 aromatic heterocycles. The molecule has 110 valence electrons. The average Bonchev–Trinajstić information content (AvgIpc) is 2.58. The van der Waals surface area contributed by atoms with Crippen molar-refractivity contribution in [2.24, 2.45) is 0 Å². The molecule has 2 atom stereocenters. The fourth-order valence-corrected chi connectivity index (χ4v) is 6.10. The van der Waals surface area contributed by atoms with Crippen LogP contribution in [0.5, 0.6) is 5.88 Å². The lowest BCUT2D eigenvalue weighted by atomic mass is 9.85. The van der Waals surface area contributed by atoms with Crippen molar-refractivity contribution in [3.8, 4) is 5.88 Å². The number of aliphatic hydroxyl groups is 1. The minimum absolute atomic E-state index is 0.278. The molecule has 0 aromatic carbocycles. The molecule has 0 amide bonds. The Morgan fingerprint density at radius 2 is 1.90 bits per heavy atom. The Hall–Kier alpha value is -1.14. The highest BCUT2D eigenvalue weighted by atomic mass is 32.2. The SMILES string of the molecule is COc1ccc(C2(O)CC3CCC(C2)S3(=O)=O)c(C)n1. The first kappa shape index (κ1) is 13.8. The molecule has 2 aliphatic rings. The number of aryl methyl sites for hydroxylation is 1. The number of nitrogens with zero attached hydrogens (tertiary/aromatic N) is 1. The maximum absolute atomic E-state index is 12.1. The maximum Gasteiger partial charge on any atom is 0.213 e. The Bertz CT molecular complexity index is 621. The van der Waals surface area contributed by atoms with Gasteiger partial charge < -0.3 is 9.84 Å². The van der Waals surface area contributed by atoms with Gasteiger partial charge in [-0.3, -0.25) is 0 Å². The molecule has 3 heterocycles. The topological polar surface area (TPSA) is 76.5 Å². The van der Waals surface area contributed by atoms with Crippen molar-refractivity contribution in [3.05, 3.63) is 23.4 Å². The second-order valence-corrected chi connectivity index (χ2v) is 8.35. The molecular weight excluding hydrogens is 278 g/mol. The Labute approximate surface area is 118 Å². The number of hydrogen-bond donors (Lipinski definition) is 1. The Morgan fingerprint density at radius 3 is 2.40 bits per heavy atom. The molecule has 0 spiro atoms. The van der Waals surface area contributed by atoms with Gasteiger partial charge >= 0.3 is 0 Å². The summed E-state index contributed by atoms with van der Waals surface area (Å²) >= 11 is 0. The van der Waals surface area contributed by atoms with E-state index in [0.29, 0.717) is 24.4 Å². The normalized spacial score (nSPS) is 35.0. The van der Waals surface area contributed by atoms with Gasteiger partial charge in [0.05, 0.1) is 23.2 Å². The molecule has 5 nitrogen and oxygen atoms in total. The van der Waals surface area contributed by atoms with Crippen molar-refractivity contribution in [2.45, 2.75) is 48.7 Å². The Morgan fingerprint density at radius 1 is 1.30 bits per heavy atom. The van der Waals surface area contributed by atoms with E-state index in [2.05, 4.69) is 4.98 Å². The summed E-state index contributed by atoms with van der Waals surface area (Å²) in [5.74, 6) is 0.501. The van der Waals surface area contributed by atoms with Gasteiger partial charge in [-0.2, -0.15) is 0 Å². The molecule has 0 aliphatic carbocycles. The molecule has 20 heavy (non-hydrogen) atoms. The molecule has 0 saturated carbocycles. The van der Waals surface area contributed by atoms with Crippen LogP contribution >= 0.6 is 0 Å². The van der Waals surface area contributed by atoms with E-state index >= 15 is 0 Å². The highest BCUT2D eigenvalue weighted by Gasteiger charge is 2.53. The van der Waals surface area contributed by atoms with E-state index in [1.807, 2.05) is 6.92 Å². The molecule has 3 rings (SSSR count). The second kappa shape index (κ2) is 4.43. The van der Waals surface area contributed by atoms with Gasteiger partial charge in [0.15, 0.2) is 9.84 Å². The monoisotopic (exact) mass is 297 g/mol. The second-order valence-electron chi connectivity index (χ2n) is 5.84. The summed E-state index contributed by atoms with van der Waals surface area (Å²) in [5, 5.41) is 10.1. The molecule has 1 aromatic rings. The van der Waals surface area contributed by atoms with Crippen LogP contribution in [-0.4, -0.2) is 36.1 Å². The summed E-state index contributed by atoms with van der Waals surface area (Å²) in [6.45, 7) is 1.82. The van der Waals surface area contributed by atoms with Crippen LogP contribution < -0.4 is 4.74 Å². The van der Waals surface area contributed by atoms with Crippen LogP contribution in [0.25, 0.3) is 0 Å². The summed E-state index contributed by atoms with van der Waals surface area (Å²) in [5.41, 5.74) is 0.344. The van der Waals surface area contributed by atoms with Crippen LogP contribution in [0.3, 0.4) is 0 Å². The minimum atomic E-state index is -3.04. The molecule has 2 unspecified atom stereocenters. The fourth-order valence-electron chi connectivity index (χ4n) is 3.61. The van der Waals surface area contributed by atoms with Gasteiger partial charge in [0.1, 0.15) is 0 Å². The summed E-state index contributed by atoms with van der Waals surface area (Å²) in [4.78, 5) is 4.29. The lowest BCUT2D eigenvalue weighted by Gasteiger charge is -2.37. The Balaban J connectivity index is 1.99. The molecular formula is C14H19NO4S. The zero-order valence-electron chi connectivity index (χ0n) is 11.7. The largest absolute Gasteiger partial charge is 0.481 e. The molecule has 2 fully saturated rings. The third-order valence-corrected chi connectivity index (χ3v) is 7.30. The molecule has 0 radical (unpaired) electrons. The maximum atomic E-state index is 12.1. The van der Waals surface area contributed by atoms with Crippen molar-refractivity contribution < 1.29 is 18.3 Å². The Kier molecular flexibility index (Phi) is 3.06. The van der Waals surface area contributed by atoms with Crippen LogP contribution in [0.15, 0.2) is 12.1 Å². The van der Waals surface area contributed by atoms with E-state index in [-0.39, 0.29) is 12.8 Å². The van der Waals surface area contributed by atoms with Gasteiger partial charge in [0.2, 0.25) is 5.88 Å². The standard InChI is InChI=1S/C14H19NO4S/c1-9-12(5-6-13(15-9)19-2)14(16)7-10-3-4-11(8-14)20(10,17)18/h5-6,10-11,16H,3-4,7-8H2,1-2H3. The van der Waals surface area contributed by atoms with Gasteiger partial charge in [0, 0.05) is 17.3 Å². The van der Waals surface area contributed by atoms with Crippen LogP contribution in [0, 0.1) is 6.92 Å². The summed E-state index contributed by atoms with van der Waals surface area (Å²) in [6, 6.07) is 3.52. The van der Waals surface area contributed by atoms with E-state index in [1.165, 1.54) is 0 Å². The van der Waals surface area contributed by atoms with E-state index in [9.17, 15) is 13.5 Å². The van der Waals surface area contributed by atoms with Crippen molar-refractivity contribution in [1.82, 2.24) is 4.98 Å². The van der Waals surface area contributed by atoms with Crippen LogP contribution in [0.2, 0.25) is 0 Å². The number of rotatable bonds is 2. The number of fused-ring (bicyclic) bond motifs is 2. The predicted molar refractivity (Wildman–Crippen MR) is 74.4 cm³/mol. The number of ether oxygens (including phenoxy) is 1. The van der Waals surface area contributed by atoms with E-state index in [1.54, 1.807) is 19.2 Å². The summed E-state index contributed by atoms with van der Waals surface area (Å²) in [6.07, 6.45) is 1.89. The van der Waals surface area contributed by atoms with Gasteiger partial charge in [-0.05, 0) is 38.7 Å². The van der Waals surface area contributed by atoms with E-state index in [4.69, 9.17) is 4.74 Å². The first-order valence-electron chi connectivity index (χ1n) is 6.84. The molecule has 2 saturated heterocycles. The molecule has 6 heteroatoms. The minimum Gasteiger partial charge on any atom is -0.481 e. The highest BCUT2D eigenvalue weighted by molar-refractivity contribution is 7.93. The smallest absolute Gasteiger partial charge is 0.213 e. The van der Waals surface area contributed by atoms with Gasteiger partial charge in [-0.25, -0.2) is 13.4 Å². The number of hydrogen-bond acceptors (Lipinski definition) is 5. The summed E-state index contributed by atoms with van der Waals surface area (Å²) in [7, 11) is -1.49. The van der Waals surface area contributed by atoms with Crippen LogP contribution in [0.4, 0.5) is 0 Å². The van der Waals surface area contributed by atoms with Crippen molar-refractivity contribution in [3.63, 3.8) is 0 Å². The van der Waals surface area contributed by atoms with Crippen LogP contribution in [-0.2, 0) is 15.4 Å².